The minimum Gasteiger partial charge on any atom is -0.410 e. The molecule has 2 atom stereocenters. The molecule has 5 N–H and O–H groups in total. The van der Waals surface area contributed by atoms with Crippen molar-refractivity contribution in [3.63, 3.8) is 0 Å². The first-order valence-electron chi connectivity index (χ1n) is 16.3. The van der Waals surface area contributed by atoms with Gasteiger partial charge in [0.05, 0.1) is 11.3 Å². The molecule has 10 heteroatoms. The van der Waals surface area contributed by atoms with Crippen LogP contribution in [0.4, 0.5) is 10.5 Å². The number of carbonyl (C=O) groups is 3. The first-order chi connectivity index (χ1) is 20.7. The summed E-state index contributed by atoms with van der Waals surface area (Å²) in [4.78, 5) is 42.5. The molecule has 1 spiro atoms. The smallest absolute Gasteiger partial charge is 0.317 e. The van der Waals surface area contributed by atoms with Crippen LogP contribution in [0.2, 0.25) is 0 Å². The predicted molar refractivity (Wildman–Crippen MR) is 162 cm³/mol. The summed E-state index contributed by atoms with van der Waals surface area (Å²) in [5.41, 5.74) is 2.60. The fourth-order valence-electron chi connectivity index (χ4n) is 8.57. The quantitative estimate of drug-likeness (QED) is 0.158. The number of urea groups is 1. The van der Waals surface area contributed by atoms with Crippen molar-refractivity contribution in [3.8, 4) is 0 Å². The van der Waals surface area contributed by atoms with Gasteiger partial charge in [0.25, 0.3) is 5.91 Å². The van der Waals surface area contributed by atoms with E-state index in [0.717, 1.165) is 64.5 Å². The molecule has 1 unspecified atom stereocenters. The molecule has 4 amide bonds. The van der Waals surface area contributed by atoms with Crippen molar-refractivity contribution in [2.24, 2.45) is 34.2 Å². The Morgan fingerprint density at radius 3 is 2.35 bits per heavy atom. The summed E-state index contributed by atoms with van der Waals surface area (Å²) in [6.07, 6.45) is 12.9. The molecule has 5 fully saturated rings. The molecule has 1 aliphatic heterocycles. The fraction of sp³-hybridized carbons (Fsp3) is 0.667. The molecule has 0 bridgehead atoms. The molecule has 4 saturated carbocycles. The Morgan fingerprint density at radius 2 is 1.74 bits per heavy atom. The number of oxime groups is 1. The van der Waals surface area contributed by atoms with Gasteiger partial charge in [-0.2, -0.15) is 0 Å². The van der Waals surface area contributed by atoms with Gasteiger partial charge in [-0.1, -0.05) is 24.1 Å². The van der Waals surface area contributed by atoms with E-state index in [2.05, 4.69) is 38.1 Å². The van der Waals surface area contributed by atoms with E-state index in [4.69, 9.17) is 5.41 Å². The van der Waals surface area contributed by atoms with Crippen LogP contribution in [0, 0.1) is 34.5 Å². The standard InChI is InChI=1S/C33H44N6O4/c1-19(34)27(38-43)29(40)37-28(26(20-6-7-20)21-8-9-21)30(41)36-25-11-10-22-15-33(16-23(22)14-25,24-4-2-3-5-24)39-18-32(12-13-32)17-35-31(39)42/h10-11,14,20-21,24,26,28,34,43H,2-9,12-13,15-18H2,1H3,(H,35,42)(H,36,41)(H,37,40)/t28-,33?/m0/s1. The summed E-state index contributed by atoms with van der Waals surface area (Å²) >= 11 is 0. The molecule has 0 radical (unpaired) electrons. The van der Waals surface area contributed by atoms with Gasteiger partial charge < -0.3 is 31.5 Å². The van der Waals surface area contributed by atoms with Crippen LogP contribution < -0.4 is 16.0 Å². The van der Waals surface area contributed by atoms with Gasteiger partial charge in [-0.3, -0.25) is 9.59 Å². The number of carbonyl (C=O) groups excluding carboxylic acids is 3. The lowest BCUT2D eigenvalue weighted by atomic mass is 9.77. The molecule has 5 aliphatic carbocycles. The Hall–Kier alpha value is -3.43. The maximum absolute atomic E-state index is 13.9. The van der Waals surface area contributed by atoms with Crippen LogP contribution in [0.3, 0.4) is 0 Å². The number of fused-ring (bicyclic) bond motifs is 1. The second-order valence-electron chi connectivity index (χ2n) is 14.4. The Labute approximate surface area is 252 Å². The lowest BCUT2D eigenvalue weighted by molar-refractivity contribution is -0.124. The van der Waals surface area contributed by atoms with E-state index in [1.54, 1.807) is 0 Å². The number of hydrogen-bond donors (Lipinski definition) is 5. The molecule has 7 rings (SSSR count). The van der Waals surface area contributed by atoms with E-state index in [1.807, 2.05) is 6.07 Å². The highest BCUT2D eigenvalue weighted by molar-refractivity contribution is 6.65. The molecule has 1 saturated heterocycles. The number of nitrogens with zero attached hydrogens (tertiary/aromatic N) is 2. The SMILES string of the molecule is CC(=N)C(=NO)C(=O)N[C@H](C(=O)Nc1ccc2c(c1)CC(C1CCCC1)(N1CC3(CC3)CNC1=O)C2)C(C1CC1)C1CC1. The molecule has 1 heterocycles. The van der Waals surface area contributed by atoms with Crippen LogP contribution in [0.15, 0.2) is 23.4 Å². The van der Waals surface area contributed by atoms with Gasteiger partial charge in [0.15, 0.2) is 5.71 Å². The average molecular weight is 589 g/mol. The summed E-state index contributed by atoms with van der Waals surface area (Å²) in [6, 6.07) is 5.43. The second-order valence-corrected chi connectivity index (χ2v) is 14.4. The minimum atomic E-state index is -0.777. The summed E-state index contributed by atoms with van der Waals surface area (Å²) in [7, 11) is 0. The molecular weight excluding hydrogens is 544 g/mol. The lowest BCUT2D eigenvalue weighted by Crippen LogP contribution is -2.64. The van der Waals surface area contributed by atoms with Crippen molar-refractivity contribution >= 4 is 35.0 Å². The summed E-state index contributed by atoms with van der Waals surface area (Å²) in [5.74, 6) is 0.280. The number of anilines is 1. The topological polar surface area (TPSA) is 147 Å². The third kappa shape index (κ3) is 5.31. The van der Waals surface area contributed by atoms with Crippen LogP contribution in [0.5, 0.6) is 0 Å². The van der Waals surface area contributed by atoms with Gasteiger partial charge in [0.2, 0.25) is 5.91 Å². The van der Waals surface area contributed by atoms with E-state index >= 15 is 0 Å². The van der Waals surface area contributed by atoms with Crippen molar-refractivity contribution in [2.45, 2.75) is 95.6 Å². The van der Waals surface area contributed by atoms with Gasteiger partial charge >= 0.3 is 6.03 Å². The van der Waals surface area contributed by atoms with Crippen LogP contribution in [0.1, 0.15) is 82.3 Å². The molecule has 0 aromatic heterocycles. The molecule has 1 aromatic rings. The summed E-state index contributed by atoms with van der Waals surface area (Å²) in [5, 5.41) is 29.4. The number of benzene rings is 1. The van der Waals surface area contributed by atoms with Crippen molar-refractivity contribution < 1.29 is 19.6 Å². The van der Waals surface area contributed by atoms with Gasteiger partial charge in [-0.25, -0.2) is 4.79 Å². The normalized spacial score (nSPS) is 27.2. The zero-order valence-corrected chi connectivity index (χ0v) is 25.1. The second kappa shape index (κ2) is 10.6. The van der Waals surface area contributed by atoms with E-state index < -0.39 is 11.9 Å². The summed E-state index contributed by atoms with van der Waals surface area (Å²) in [6.45, 7) is 3.02. The first kappa shape index (κ1) is 28.3. The third-order valence-corrected chi connectivity index (χ3v) is 11.4. The molecule has 10 nitrogen and oxygen atoms in total. The number of amides is 4. The Morgan fingerprint density at radius 1 is 1.07 bits per heavy atom. The molecule has 6 aliphatic rings. The molecular formula is C33H44N6O4. The predicted octanol–water partition coefficient (Wildman–Crippen LogP) is 4.25. The van der Waals surface area contributed by atoms with Crippen molar-refractivity contribution in [1.82, 2.24) is 15.5 Å². The lowest BCUT2D eigenvalue weighted by Gasteiger charge is -2.49. The molecule has 1 aromatic carbocycles. The van der Waals surface area contributed by atoms with E-state index in [1.165, 1.54) is 43.7 Å². The number of hydrogen-bond acceptors (Lipinski definition) is 6. The molecule has 230 valence electrons. The van der Waals surface area contributed by atoms with Crippen molar-refractivity contribution in [1.29, 1.82) is 5.41 Å². The highest BCUT2D eigenvalue weighted by Crippen LogP contribution is 2.53. The van der Waals surface area contributed by atoms with E-state index in [0.29, 0.717) is 23.4 Å². The highest BCUT2D eigenvalue weighted by Gasteiger charge is 2.57. The zero-order chi connectivity index (χ0) is 29.9. The molecule has 43 heavy (non-hydrogen) atoms. The maximum atomic E-state index is 13.9. The van der Waals surface area contributed by atoms with Gasteiger partial charge in [-0.05, 0) is 118 Å². The largest absolute Gasteiger partial charge is 0.410 e. The van der Waals surface area contributed by atoms with Crippen molar-refractivity contribution in [3.05, 3.63) is 29.3 Å². The highest BCUT2D eigenvalue weighted by atomic mass is 16.4. The van der Waals surface area contributed by atoms with Crippen LogP contribution in [0.25, 0.3) is 0 Å². The van der Waals surface area contributed by atoms with Gasteiger partial charge in [0, 0.05) is 24.2 Å². The van der Waals surface area contributed by atoms with Crippen LogP contribution in [-0.4, -0.2) is 64.0 Å². The number of rotatable bonds is 10. The number of nitrogens with one attached hydrogen (secondary N) is 4. The Balaban J connectivity index is 1.13. The summed E-state index contributed by atoms with van der Waals surface area (Å²) < 4.78 is 0. The zero-order valence-electron chi connectivity index (χ0n) is 25.1. The minimum absolute atomic E-state index is 0.0201. The average Bonchev–Trinajstić information content (AvgIpc) is 3.94. The van der Waals surface area contributed by atoms with Crippen LogP contribution >= 0.6 is 0 Å². The van der Waals surface area contributed by atoms with Gasteiger partial charge in [0.1, 0.15) is 6.04 Å². The Bertz CT molecular complexity index is 1360. The fourth-order valence-corrected chi connectivity index (χ4v) is 8.57. The van der Waals surface area contributed by atoms with Crippen molar-refractivity contribution in [2.75, 3.05) is 18.4 Å². The first-order valence-corrected chi connectivity index (χ1v) is 16.3. The van der Waals surface area contributed by atoms with Gasteiger partial charge in [-0.15, -0.1) is 0 Å². The maximum Gasteiger partial charge on any atom is 0.317 e. The Kier molecular flexibility index (Phi) is 7.01. The third-order valence-electron chi connectivity index (χ3n) is 11.4. The van der Waals surface area contributed by atoms with E-state index in [-0.39, 0.29) is 40.2 Å². The van der Waals surface area contributed by atoms with Crippen LogP contribution in [-0.2, 0) is 22.4 Å². The van der Waals surface area contributed by atoms with E-state index in [9.17, 15) is 19.6 Å². The monoisotopic (exact) mass is 588 g/mol.